The number of hydrogen-bond acceptors (Lipinski definition) is 1. The predicted molar refractivity (Wildman–Crippen MR) is 286 cm³/mol. The molecule has 1 aliphatic rings. The van der Waals surface area contributed by atoms with E-state index >= 15 is 0 Å². The molecule has 336 valence electrons. The van der Waals surface area contributed by atoms with Gasteiger partial charge in [-0.2, -0.15) is 0 Å². The van der Waals surface area contributed by atoms with E-state index in [9.17, 15) is 0 Å². The summed E-state index contributed by atoms with van der Waals surface area (Å²) in [5.74, 6) is 0. The highest BCUT2D eigenvalue weighted by atomic mass is 14.8. The lowest BCUT2D eigenvalue weighted by Gasteiger charge is -2.22. The van der Waals surface area contributed by atoms with Crippen molar-refractivity contribution < 1.29 is 0 Å². The molecule has 61 heavy (non-hydrogen) atoms. The van der Waals surface area contributed by atoms with Crippen molar-refractivity contribution in [3.8, 4) is 12.8 Å². The van der Waals surface area contributed by atoms with Crippen LogP contribution in [-0.4, -0.2) is 5.71 Å². The minimum absolute atomic E-state index is 0.970. The van der Waals surface area contributed by atoms with Crippen LogP contribution in [0.4, 0.5) is 0 Å². The number of allylic oxidation sites excluding steroid dienone is 13. The number of aliphatic imine (C=N–C) groups is 1. The lowest BCUT2D eigenvalue weighted by atomic mass is 9.83. The summed E-state index contributed by atoms with van der Waals surface area (Å²) in [6.07, 6.45) is 38.0. The maximum absolute atomic E-state index is 5.11. The summed E-state index contributed by atoms with van der Waals surface area (Å²) < 4.78 is 0. The smallest absolute Gasteiger partial charge is 0.0444 e. The van der Waals surface area contributed by atoms with Crippen molar-refractivity contribution in [2.45, 2.75) is 169 Å². The second-order valence-electron chi connectivity index (χ2n) is 13.8. The van der Waals surface area contributed by atoms with E-state index in [1.54, 1.807) is 5.57 Å². The molecule has 0 fully saturated rings. The first kappa shape index (κ1) is 62.7. The van der Waals surface area contributed by atoms with Crippen LogP contribution < -0.4 is 0 Å². The second kappa shape index (κ2) is 46.1. The molecule has 1 heteroatoms. The SMILES string of the molecule is C#C.C/C=C\C=C\C.C/C=C\CCCC(=C/c1ccccc1CC1=C(C)c2ccccc2CC1)/N=C(C)/C(/C=C\C)=C/C.CC.CC.CCC.CCC.Cc1ccccc1C. The normalized spacial score (nSPS) is 12.0. The van der Waals surface area contributed by atoms with Gasteiger partial charge in [-0.15, -0.1) is 12.8 Å². The first-order valence-corrected chi connectivity index (χ1v) is 23.2. The Bertz CT molecular complexity index is 1730. The fourth-order valence-electron chi connectivity index (χ4n) is 5.73. The largest absolute Gasteiger partial charge is 0.258 e. The van der Waals surface area contributed by atoms with E-state index in [4.69, 9.17) is 4.99 Å². The number of benzene rings is 3. The predicted octanol–water partition coefficient (Wildman–Crippen LogP) is 19.3. The summed E-state index contributed by atoms with van der Waals surface area (Å²) in [7, 11) is 0. The van der Waals surface area contributed by atoms with Crippen LogP contribution in [0.3, 0.4) is 0 Å². The molecule has 0 saturated carbocycles. The van der Waals surface area contributed by atoms with E-state index in [2.05, 4.69) is 198 Å². The minimum atomic E-state index is 0.970. The van der Waals surface area contributed by atoms with Gasteiger partial charge in [0, 0.05) is 11.4 Å². The molecule has 1 aliphatic carbocycles. The number of aryl methyl sites for hydroxylation is 3. The van der Waals surface area contributed by atoms with E-state index in [1.807, 2.05) is 65.8 Å². The highest BCUT2D eigenvalue weighted by molar-refractivity contribution is 6.01. The van der Waals surface area contributed by atoms with Crippen LogP contribution in [0.15, 0.2) is 149 Å². The molecule has 0 radical (unpaired) electrons. The van der Waals surface area contributed by atoms with E-state index in [1.165, 1.54) is 57.4 Å². The van der Waals surface area contributed by atoms with Gasteiger partial charge in [0.25, 0.3) is 0 Å². The Balaban J connectivity index is -0.000000509. The van der Waals surface area contributed by atoms with Crippen molar-refractivity contribution >= 4 is 17.4 Å². The highest BCUT2D eigenvalue weighted by Crippen LogP contribution is 2.33. The van der Waals surface area contributed by atoms with Gasteiger partial charge in [0.1, 0.15) is 0 Å². The molecule has 0 spiro atoms. The molecule has 1 nitrogen and oxygen atoms in total. The van der Waals surface area contributed by atoms with Gasteiger partial charge < -0.3 is 0 Å². The monoisotopic (exact) mass is 826 g/mol. The Morgan fingerprint density at radius 3 is 1.66 bits per heavy atom. The first-order chi connectivity index (χ1) is 29.6. The third-order valence-corrected chi connectivity index (χ3v) is 8.78. The van der Waals surface area contributed by atoms with E-state index in [-0.39, 0.29) is 0 Å². The van der Waals surface area contributed by atoms with Crippen molar-refractivity contribution in [3.63, 3.8) is 0 Å². The molecule has 3 aromatic rings. The van der Waals surface area contributed by atoms with Crippen LogP contribution in [0.1, 0.15) is 176 Å². The molecule has 0 unspecified atom stereocenters. The second-order valence-corrected chi connectivity index (χ2v) is 13.8. The number of hydrogen-bond donors (Lipinski definition) is 0. The Labute approximate surface area is 380 Å². The zero-order chi connectivity index (χ0) is 47.3. The van der Waals surface area contributed by atoms with Gasteiger partial charge in [0.2, 0.25) is 0 Å². The zero-order valence-corrected chi connectivity index (χ0v) is 42.5. The summed E-state index contributed by atoms with van der Waals surface area (Å²) in [5.41, 5.74) is 14.7. The average molecular weight is 826 g/mol. The Morgan fingerprint density at radius 2 is 1.16 bits per heavy atom. The van der Waals surface area contributed by atoms with Crippen LogP contribution in [0.5, 0.6) is 0 Å². The summed E-state index contributed by atoms with van der Waals surface area (Å²) in [5, 5.41) is 0. The van der Waals surface area contributed by atoms with E-state index in [0.717, 1.165) is 49.9 Å². The van der Waals surface area contributed by atoms with Crippen molar-refractivity contribution in [2.75, 3.05) is 0 Å². The van der Waals surface area contributed by atoms with Crippen molar-refractivity contribution in [1.82, 2.24) is 0 Å². The summed E-state index contributed by atoms with van der Waals surface area (Å²) in [4.78, 5) is 5.11. The zero-order valence-electron chi connectivity index (χ0n) is 42.5. The van der Waals surface area contributed by atoms with E-state index < -0.39 is 0 Å². The van der Waals surface area contributed by atoms with Crippen molar-refractivity contribution in [1.29, 1.82) is 0 Å². The number of nitrogens with zero attached hydrogens (tertiary/aromatic N) is 1. The Hall–Kier alpha value is -4.93. The van der Waals surface area contributed by atoms with Gasteiger partial charge in [-0.1, -0.05) is 201 Å². The lowest BCUT2D eigenvalue weighted by Crippen LogP contribution is -2.06. The highest BCUT2D eigenvalue weighted by Gasteiger charge is 2.16. The first-order valence-electron chi connectivity index (χ1n) is 23.2. The molecule has 4 rings (SSSR count). The van der Waals surface area contributed by atoms with Gasteiger partial charge in [0.05, 0.1) is 0 Å². The number of rotatable bonds is 11. The lowest BCUT2D eigenvalue weighted by molar-refractivity contribution is 0.828. The number of fused-ring (bicyclic) bond motifs is 1. The van der Waals surface area contributed by atoms with Gasteiger partial charge >= 0.3 is 0 Å². The van der Waals surface area contributed by atoms with Crippen LogP contribution in [-0.2, 0) is 12.8 Å². The average Bonchev–Trinajstić information content (AvgIpc) is 3.29. The third kappa shape index (κ3) is 30.7. The molecule has 0 aliphatic heterocycles. The van der Waals surface area contributed by atoms with Crippen LogP contribution in [0.25, 0.3) is 11.6 Å². The fraction of sp³-hybridized carbons (Fsp3) is 0.417. The van der Waals surface area contributed by atoms with Crippen LogP contribution in [0.2, 0.25) is 0 Å². The van der Waals surface area contributed by atoms with Gasteiger partial charge in [-0.05, 0) is 151 Å². The molecule has 0 saturated heterocycles. The molecule has 0 aromatic heterocycles. The Kier molecular flexibility index (Phi) is 47.4. The topological polar surface area (TPSA) is 12.4 Å². The number of unbranched alkanes of at least 4 members (excludes halogenated alkanes) is 1. The summed E-state index contributed by atoms with van der Waals surface area (Å²) >= 11 is 0. The van der Waals surface area contributed by atoms with Gasteiger partial charge in [0.15, 0.2) is 0 Å². The van der Waals surface area contributed by atoms with Gasteiger partial charge in [-0.25, -0.2) is 0 Å². The minimum Gasteiger partial charge on any atom is -0.258 e. The molecule has 0 bridgehead atoms. The maximum Gasteiger partial charge on any atom is 0.0444 e. The molecule has 0 heterocycles. The van der Waals surface area contributed by atoms with Crippen molar-refractivity contribution in [2.24, 2.45) is 4.99 Å². The van der Waals surface area contributed by atoms with Gasteiger partial charge in [-0.3, -0.25) is 4.99 Å². The van der Waals surface area contributed by atoms with Crippen molar-refractivity contribution in [3.05, 3.63) is 178 Å². The van der Waals surface area contributed by atoms with Crippen LogP contribution >= 0.6 is 0 Å². The molecule has 0 N–H and O–H groups in total. The van der Waals surface area contributed by atoms with Crippen LogP contribution in [0, 0.1) is 26.7 Å². The molecule has 0 amide bonds. The number of terminal acetylenes is 1. The maximum atomic E-state index is 5.11. The molecule has 3 aromatic carbocycles. The molecule has 0 atom stereocenters. The quantitative estimate of drug-likeness (QED) is 0.0600. The molecular weight excluding hydrogens is 735 g/mol. The third-order valence-electron chi connectivity index (χ3n) is 8.78. The van der Waals surface area contributed by atoms with E-state index in [0.29, 0.717) is 0 Å². The fourth-order valence-corrected chi connectivity index (χ4v) is 5.73. The standard InChI is InChI=1S/C34H41N.C8H10.C6H10.2C3H8.2C2H6.C2H2/c1-6-9-10-11-20-33(35-27(5)28(8-3)16-7-2)25-32-19-13-12-18-31(32)24-30-23-22-29-17-14-15-21-34(29)26(30)4;1-7-5-3-4-6-8(7)2;1-3-5-6-4-2;2*1-3-2;3*1-2/h6-9,12-19,21,25H,10-11,20,22-24H2,1-5H3;3-6H,1-2H3;3-6H,1-2H3;2*3H2,1-2H3;2*1-2H3;1-2H/b9-6-,16-7-,28-8+,33-25-,35-27+;;5-3-,6-4+;;;;;. The Morgan fingerprint density at radius 1 is 0.656 bits per heavy atom. The summed E-state index contributed by atoms with van der Waals surface area (Å²) in [6.45, 7) is 35.4. The molecular formula is C60H91N. The summed E-state index contributed by atoms with van der Waals surface area (Å²) in [6, 6.07) is 26.1.